The van der Waals surface area contributed by atoms with Crippen LogP contribution in [0.3, 0.4) is 0 Å². The fourth-order valence-electron chi connectivity index (χ4n) is 3.09. The molecule has 1 aliphatic heterocycles. The van der Waals surface area contributed by atoms with Crippen molar-refractivity contribution in [2.45, 2.75) is 36.9 Å². The van der Waals surface area contributed by atoms with E-state index in [1.54, 1.807) is 13.0 Å². The molecule has 1 fully saturated rings. The number of benzene rings is 1. The largest absolute Gasteiger partial charge is 0.490 e. The second kappa shape index (κ2) is 7.59. The summed E-state index contributed by atoms with van der Waals surface area (Å²) in [4.78, 5) is 10.6. The van der Waals surface area contributed by atoms with Gasteiger partial charge in [-0.25, -0.2) is 13.2 Å². The Bertz CT molecular complexity index is 1010. The molecule has 0 saturated carbocycles. The summed E-state index contributed by atoms with van der Waals surface area (Å²) in [7, 11) is -4.29. The van der Waals surface area contributed by atoms with Gasteiger partial charge < -0.3 is 9.15 Å². The van der Waals surface area contributed by atoms with Crippen molar-refractivity contribution >= 4 is 10.0 Å². The van der Waals surface area contributed by atoms with Crippen molar-refractivity contribution < 1.29 is 30.7 Å². The number of alkyl halides is 3. The van der Waals surface area contributed by atoms with E-state index in [4.69, 9.17) is 9.15 Å². The van der Waals surface area contributed by atoms with Crippen molar-refractivity contribution in [2.75, 3.05) is 13.1 Å². The normalized spacial score (nSPS) is 16.9. The van der Waals surface area contributed by atoms with E-state index in [0.29, 0.717) is 11.5 Å². The minimum absolute atomic E-state index is 0.0135. The van der Waals surface area contributed by atoms with Crippen LogP contribution in [0.1, 0.15) is 24.2 Å². The molecule has 1 aliphatic rings. The average molecular weight is 417 g/mol. The third-order valence-corrected chi connectivity index (χ3v) is 6.34. The molecule has 0 radical (unpaired) electrons. The van der Waals surface area contributed by atoms with Crippen molar-refractivity contribution in [1.29, 1.82) is 0 Å². The van der Waals surface area contributed by atoms with Gasteiger partial charge in [-0.05, 0) is 31.9 Å². The Labute approximate surface area is 159 Å². The van der Waals surface area contributed by atoms with Gasteiger partial charge >= 0.3 is 11.8 Å². The molecule has 0 N–H and O–H groups in total. The first kappa shape index (κ1) is 20.4. The summed E-state index contributed by atoms with van der Waals surface area (Å²) in [5.74, 6) is 0.698. The molecular weight excluding hydrogens is 399 g/mol. The molecule has 6 nitrogen and oxygen atoms in total. The Morgan fingerprint density at radius 3 is 2.39 bits per heavy atom. The van der Waals surface area contributed by atoms with Crippen LogP contribution in [0.5, 0.6) is 5.75 Å². The lowest BCUT2D eigenvalue weighted by molar-refractivity contribution is -0.139. The highest BCUT2D eigenvalue weighted by Crippen LogP contribution is 2.35. The van der Waals surface area contributed by atoms with E-state index in [1.165, 1.54) is 12.1 Å². The highest BCUT2D eigenvalue weighted by atomic mass is 32.2. The summed E-state index contributed by atoms with van der Waals surface area (Å²) < 4.78 is 76.6. The lowest BCUT2D eigenvalue weighted by atomic mass is 10.1. The van der Waals surface area contributed by atoms with Crippen LogP contribution in [0.15, 0.2) is 50.5 Å². The Balaban J connectivity index is 1.73. The van der Waals surface area contributed by atoms with Gasteiger partial charge in [-0.3, -0.25) is 0 Å². The minimum Gasteiger partial charge on any atom is -0.490 e. The topological polar surface area (TPSA) is 76.8 Å². The van der Waals surface area contributed by atoms with Crippen molar-refractivity contribution in [3.05, 3.63) is 58.1 Å². The quantitative estimate of drug-likeness (QED) is 0.764. The zero-order valence-corrected chi connectivity index (χ0v) is 15.7. The van der Waals surface area contributed by atoms with Gasteiger partial charge in [0.15, 0.2) is 0 Å². The van der Waals surface area contributed by atoms with Crippen LogP contribution in [0.4, 0.5) is 13.2 Å². The van der Waals surface area contributed by atoms with Crippen LogP contribution < -0.4 is 10.4 Å². The maximum Gasteiger partial charge on any atom is 0.417 e. The summed E-state index contributed by atoms with van der Waals surface area (Å²) in [5.41, 5.74) is -1.74. The van der Waals surface area contributed by atoms with Gasteiger partial charge in [0.25, 0.3) is 0 Å². The molecule has 0 atom stereocenters. The van der Waals surface area contributed by atoms with Crippen molar-refractivity contribution in [2.24, 2.45) is 0 Å². The molecule has 2 aromatic rings. The maximum atomic E-state index is 13.2. The molecule has 28 heavy (non-hydrogen) atoms. The molecule has 0 amide bonds. The Kier molecular flexibility index (Phi) is 5.53. The summed E-state index contributed by atoms with van der Waals surface area (Å²) in [6.45, 7) is 1.63. The minimum atomic E-state index is -4.77. The number of hydrogen-bond donors (Lipinski definition) is 0. The summed E-state index contributed by atoms with van der Waals surface area (Å²) >= 11 is 0. The fraction of sp³-hybridized carbons (Fsp3) is 0.389. The van der Waals surface area contributed by atoms with Crippen LogP contribution in [0.25, 0.3) is 0 Å². The van der Waals surface area contributed by atoms with Crippen LogP contribution in [0.2, 0.25) is 0 Å². The molecule has 0 aliphatic carbocycles. The van der Waals surface area contributed by atoms with E-state index >= 15 is 0 Å². The average Bonchev–Trinajstić information content (AvgIpc) is 2.60. The van der Waals surface area contributed by atoms with Gasteiger partial charge in [0.05, 0.1) is 16.5 Å². The lowest BCUT2D eigenvalue weighted by Crippen LogP contribution is -2.42. The Morgan fingerprint density at radius 1 is 1.14 bits per heavy atom. The summed E-state index contributed by atoms with van der Waals surface area (Å²) in [6.07, 6.45) is -4.55. The van der Waals surface area contributed by atoms with Crippen molar-refractivity contribution in [3.8, 4) is 5.75 Å². The summed E-state index contributed by atoms with van der Waals surface area (Å²) in [5, 5.41) is 0. The predicted molar refractivity (Wildman–Crippen MR) is 93.6 cm³/mol. The molecule has 1 aromatic carbocycles. The number of aryl methyl sites for hydroxylation is 1. The zero-order chi connectivity index (χ0) is 20.5. The molecule has 0 spiro atoms. The van der Waals surface area contributed by atoms with Gasteiger partial charge in [-0.2, -0.15) is 17.5 Å². The monoisotopic (exact) mass is 417 g/mol. The van der Waals surface area contributed by atoms with Gasteiger partial charge in [-0.15, -0.1) is 0 Å². The number of halogens is 3. The molecule has 152 valence electrons. The Morgan fingerprint density at radius 2 is 1.79 bits per heavy atom. The second-order valence-electron chi connectivity index (χ2n) is 6.44. The summed E-state index contributed by atoms with van der Waals surface area (Å²) in [6, 6.07) is 6.88. The molecule has 0 unspecified atom stereocenters. The molecule has 1 aromatic heterocycles. The number of hydrogen-bond acceptors (Lipinski definition) is 5. The second-order valence-corrected chi connectivity index (χ2v) is 8.34. The van der Waals surface area contributed by atoms with E-state index in [2.05, 4.69) is 0 Å². The van der Waals surface area contributed by atoms with E-state index < -0.39 is 32.3 Å². The molecule has 10 heteroatoms. The van der Waals surface area contributed by atoms with E-state index in [-0.39, 0.29) is 32.0 Å². The number of piperidine rings is 1. The number of sulfonamides is 1. The third kappa shape index (κ3) is 4.39. The number of rotatable bonds is 4. The smallest absolute Gasteiger partial charge is 0.417 e. The van der Waals surface area contributed by atoms with Gasteiger partial charge in [0.1, 0.15) is 17.6 Å². The lowest BCUT2D eigenvalue weighted by Gasteiger charge is -2.32. The van der Waals surface area contributed by atoms with Crippen LogP contribution in [-0.2, 0) is 16.2 Å². The zero-order valence-electron chi connectivity index (χ0n) is 14.9. The van der Waals surface area contributed by atoms with Gasteiger partial charge in [0.2, 0.25) is 10.0 Å². The Hall–Kier alpha value is -2.33. The predicted octanol–water partition coefficient (Wildman–Crippen LogP) is 3.20. The first-order valence-corrected chi connectivity index (χ1v) is 9.96. The first-order valence-electron chi connectivity index (χ1n) is 8.52. The van der Waals surface area contributed by atoms with Crippen LogP contribution in [0, 0.1) is 6.92 Å². The molecule has 2 heterocycles. The van der Waals surface area contributed by atoms with Gasteiger partial charge in [-0.1, -0.05) is 12.1 Å². The number of nitrogens with zero attached hydrogens (tertiary/aromatic N) is 1. The van der Waals surface area contributed by atoms with Crippen LogP contribution >= 0.6 is 0 Å². The van der Waals surface area contributed by atoms with E-state index in [9.17, 15) is 26.4 Å². The standard InChI is InChI=1S/C18H18F3NO5S/c1-12-10-14(11-17(23)26-12)27-13-6-8-22(9-7-13)28(24,25)16-5-3-2-4-15(16)18(19,20)21/h2-5,10-11,13H,6-9H2,1H3. The van der Waals surface area contributed by atoms with Crippen molar-refractivity contribution in [1.82, 2.24) is 4.31 Å². The number of ether oxygens (including phenoxy) is 1. The van der Waals surface area contributed by atoms with Crippen molar-refractivity contribution in [3.63, 3.8) is 0 Å². The highest BCUT2D eigenvalue weighted by Gasteiger charge is 2.39. The van der Waals surface area contributed by atoms with E-state index in [1.807, 2.05) is 0 Å². The van der Waals surface area contributed by atoms with Crippen LogP contribution in [-0.4, -0.2) is 31.9 Å². The van der Waals surface area contributed by atoms with Gasteiger partial charge in [0, 0.05) is 19.2 Å². The first-order chi connectivity index (χ1) is 13.1. The third-order valence-electron chi connectivity index (χ3n) is 4.38. The highest BCUT2D eigenvalue weighted by molar-refractivity contribution is 7.89. The maximum absolute atomic E-state index is 13.2. The van der Waals surface area contributed by atoms with E-state index in [0.717, 1.165) is 22.5 Å². The molecule has 3 rings (SSSR count). The molecule has 1 saturated heterocycles. The molecular formula is C18H18F3NO5S. The fourth-order valence-corrected chi connectivity index (χ4v) is 4.77. The molecule has 0 bridgehead atoms. The SMILES string of the molecule is Cc1cc(OC2CCN(S(=O)(=O)c3ccccc3C(F)(F)F)CC2)cc(=O)o1.